The molecule has 0 bridgehead atoms. The van der Waals surface area contributed by atoms with Crippen molar-refractivity contribution in [2.75, 3.05) is 13.6 Å². The Labute approximate surface area is 125 Å². The van der Waals surface area contributed by atoms with E-state index in [2.05, 4.69) is 27.6 Å². The summed E-state index contributed by atoms with van der Waals surface area (Å²) < 4.78 is 1.95. The van der Waals surface area contributed by atoms with E-state index in [1.165, 1.54) is 6.42 Å². The lowest BCUT2D eigenvalue weighted by molar-refractivity contribution is 0.569. The van der Waals surface area contributed by atoms with E-state index in [9.17, 15) is 0 Å². The molecule has 0 saturated heterocycles. The predicted octanol–water partition coefficient (Wildman–Crippen LogP) is 1.46. The fourth-order valence-electron chi connectivity index (χ4n) is 1.77. The molecule has 5 nitrogen and oxygen atoms in total. The molecule has 2 rings (SSSR count). The molecule has 0 aromatic carbocycles. The lowest BCUT2D eigenvalue weighted by Crippen LogP contribution is -2.39. The predicted molar refractivity (Wildman–Crippen MR) is 84.3 cm³/mol. The minimum atomic E-state index is 0. The Morgan fingerprint density at radius 3 is 2.89 bits per heavy atom. The summed E-state index contributed by atoms with van der Waals surface area (Å²) in [7, 11) is 1.82. The SMILES string of the molecule is CN=C(NCCCn1cccn1)NC1CC1C.I. The maximum atomic E-state index is 4.21. The average molecular weight is 363 g/mol. The van der Waals surface area contributed by atoms with Crippen LogP contribution >= 0.6 is 24.0 Å². The lowest BCUT2D eigenvalue weighted by atomic mass is 10.4. The van der Waals surface area contributed by atoms with Crippen molar-refractivity contribution in [3.8, 4) is 0 Å². The highest BCUT2D eigenvalue weighted by Crippen LogP contribution is 2.28. The van der Waals surface area contributed by atoms with E-state index < -0.39 is 0 Å². The molecule has 1 fully saturated rings. The molecular weight excluding hydrogens is 341 g/mol. The normalized spacial score (nSPS) is 22.2. The number of hydrogen-bond acceptors (Lipinski definition) is 2. The van der Waals surface area contributed by atoms with Gasteiger partial charge in [-0.15, -0.1) is 24.0 Å². The van der Waals surface area contributed by atoms with Crippen LogP contribution in [0.15, 0.2) is 23.5 Å². The standard InChI is InChI=1S/C12H21N5.HI/c1-10-9-11(10)16-12(13-2)14-5-3-7-17-8-4-6-15-17;/h4,6,8,10-11H,3,5,7,9H2,1-2H3,(H2,13,14,16);1H. The molecule has 2 N–H and O–H groups in total. The number of halogens is 1. The van der Waals surface area contributed by atoms with Crippen LogP contribution in [0.1, 0.15) is 19.8 Å². The first-order valence-corrected chi connectivity index (χ1v) is 6.24. The number of aliphatic imine (C=N–C) groups is 1. The molecule has 0 radical (unpaired) electrons. The van der Waals surface area contributed by atoms with Crippen molar-refractivity contribution in [2.45, 2.75) is 32.4 Å². The van der Waals surface area contributed by atoms with Crippen LogP contribution in [0.2, 0.25) is 0 Å². The van der Waals surface area contributed by atoms with Crippen molar-refractivity contribution in [3.63, 3.8) is 0 Å². The third kappa shape index (κ3) is 4.83. The van der Waals surface area contributed by atoms with Gasteiger partial charge in [0.25, 0.3) is 0 Å². The van der Waals surface area contributed by atoms with E-state index in [4.69, 9.17) is 0 Å². The second-order valence-corrected chi connectivity index (χ2v) is 4.59. The molecule has 18 heavy (non-hydrogen) atoms. The summed E-state index contributed by atoms with van der Waals surface area (Å²) in [4.78, 5) is 4.21. The second kappa shape index (κ2) is 7.60. The zero-order valence-corrected chi connectivity index (χ0v) is 13.3. The lowest BCUT2D eigenvalue weighted by Gasteiger charge is -2.11. The van der Waals surface area contributed by atoms with Gasteiger partial charge in [-0.1, -0.05) is 6.92 Å². The van der Waals surface area contributed by atoms with Crippen molar-refractivity contribution in [3.05, 3.63) is 18.5 Å². The Hall–Kier alpha value is -0.790. The summed E-state index contributed by atoms with van der Waals surface area (Å²) in [5, 5.41) is 10.9. The Morgan fingerprint density at radius 1 is 1.56 bits per heavy atom. The molecule has 0 amide bonds. The average Bonchev–Trinajstić information content (AvgIpc) is 2.83. The van der Waals surface area contributed by atoms with Crippen molar-refractivity contribution in [1.29, 1.82) is 0 Å². The van der Waals surface area contributed by atoms with Crippen molar-refractivity contribution >= 4 is 29.9 Å². The highest BCUT2D eigenvalue weighted by atomic mass is 127. The van der Waals surface area contributed by atoms with Gasteiger partial charge in [0.05, 0.1) is 0 Å². The largest absolute Gasteiger partial charge is 0.356 e. The van der Waals surface area contributed by atoms with Gasteiger partial charge >= 0.3 is 0 Å². The Bertz CT molecular complexity index is 363. The van der Waals surface area contributed by atoms with Gasteiger partial charge in [0, 0.05) is 38.6 Å². The summed E-state index contributed by atoms with van der Waals surface area (Å²) in [5.41, 5.74) is 0. The first kappa shape index (κ1) is 15.3. The minimum Gasteiger partial charge on any atom is -0.356 e. The van der Waals surface area contributed by atoms with E-state index in [0.29, 0.717) is 6.04 Å². The summed E-state index contributed by atoms with van der Waals surface area (Å²) >= 11 is 0. The van der Waals surface area contributed by atoms with Crippen LogP contribution in [0, 0.1) is 5.92 Å². The van der Waals surface area contributed by atoms with Crippen molar-refractivity contribution in [1.82, 2.24) is 20.4 Å². The highest BCUT2D eigenvalue weighted by molar-refractivity contribution is 14.0. The number of rotatable bonds is 5. The zero-order chi connectivity index (χ0) is 12.1. The van der Waals surface area contributed by atoms with Gasteiger partial charge < -0.3 is 10.6 Å². The molecule has 1 aliphatic rings. The molecule has 1 aromatic heterocycles. The molecule has 2 unspecified atom stereocenters. The molecule has 1 saturated carbocycles. The quantitative estimate of drug-likeness (QED) is 0.361. The second-order valence-electron chi connectivity index (χ2n) is 4.59. The summed E-state index contributed by atoms with van der Waals surface area (Å²) in [6.07, 6.45) is 6.10. The van der Waals surface area contributed by atoms with Gasteiger partial charge in [-0.3, -0.25) is 9.67 Å². The molecule has 2 atom stereocenters. The van der Waals surface area contributed by atoms with E-state index in [0.717, 1.165) is 31.4 Å². The van der Waals surface area contributed by atoms with Crippen molar-refractivity contribution in [2.24, 2.45) is 10.9 Å². The number of aromatic nitrogens is 2. The van der Waals surface area contributed by atoms with Crippen LogP contribution in [0.3, 0.4) is 0 Å². The van der Waals surface area contributed by atoms with Crippen LogP contribution in [0.25, 0.3) is 0 Å². The molecule has 1 aromatic rings. The number of nitrogens with zero attached hydrogens (tertiary/aromatic N) is 3. The first-order chi connectivity index (χ1) is 8.29. The fraction of sp³-hybridized carbons (Fsp3) is 0.667. The van der Waals surface area contributed by atoms with Crippen LogP contribution in [0.4, 0.5) is 0 Å². The monoisotopic (exact) mass is 363 g/mol. The summed E-state index contributed by atoms with van der Waals surface area (Å²) in [6.45, 7) is 4.11. The number of nitrogens with one attached hydrogen (secondary N) is 2. The van der Waals surface area contributed by atoms with Gasteiger partial charge in [0.1, 0.15) is 0 Å². The van der Waals surface area contributed by atoms with Crippen LogP contribution in [-0.4, -0.2) is 35.4 Å². The molecule has 0 aliphatic heterocycles. The highest BCUT2D eigenvalue weighted by Gasteiger charge is 2.32. The number of guanidine groups is 1. The molecular formula is C12H22IN5. The van der Waals surface area contributed by atoms with Gasteiger partial charge in [-0.2, -0.15) is 5.10 Å². The maximum absolute atomic E-state index is 4.21. The summed E-state index contributed by atoms with van der Waals surface area (Å²) in [5.74, 6) is 1.71. The molecule has 1 heterocycles. The fourth-order valence-corrected chi connectivity index (χ4v) is 1.77. The van der Waals surface area contributed by atoms with E-state index in [-0.39, 0.29) is 24.0 Å². The molecule has 1 aliphatic carbocycles. The summed E-state index contributed by atoms with van der Waals surface area (Å²) in [6, 6.07) is 2.56. The third-order valence-corrected chi connectivity index (χ3v) is 3.07. The molecule has 0 spiro atoms. The minimum absolute atomic E-state index is 0. The van der Waals surface area contributed by atoms with E-state index >= 15 is 0 Å². The number of hydrogen-bond donors (Lipinski definition) is 2. The first-order valence-electron chi connectivity index (χ1n) is 6.24. The Kier molecular flexibility index (Phi) is 6.45. The van der Waals surface area contributed by atoms with Crippen LogP contribution in [-0.2, 0) is 6.54 Å². The molecule has 6 heteroatoms. The zero-order valence-electron chi connectivity index (χ0n) is 11.0. The van der Waals surface area contributed by atoms with Gasteiger partial charge in [-0.25, -0.2) is 0 Å². The van der Waals surface area contributed by atoms with Gasteiger partial charge in [-0.05, 0) is 24.8 Å². The molecule has 102 valence electrons. The Balaban J connectivity index is 0.00000162. The maximum Gasteiger partial charge on any atom is 0.191 e. The van der Waals surface area contributed by atoms with E-state index in [1.54, 1.807) is 0 Å². The van der Waals surface area contributed by atoms with Gasteiger partial charge in [0.15, 0.2) is 5.96 Å². The van der Waals surface area contributed by atoms with E-state index in [1.807, 2.05) is 30.2 Å². The number of aryl methyl sites for hydroxylation is 1. The van der Waals surface area contributed by atoms with Crippen LogP contribution in [0.5, 0.6) is 0 Å². The Morgan fingerprint density at radius 2 is 2.33 bits per heavy atom. The third-order valence-electron chi connectivity index (χ3n) is 3.07. The topological polar surface area (TPSA) is 54.2 Å². The van der Waals surface area contributed by atoms with Gasteiger partial charge in [0.2, 0.25) is 0 Å². The van der Waals surface area contributed by atoms with Crippen molar-refractivity contribution < 1.29 is 0 Å². The van der Waals surface area contributed by atoms with Crippen LogP contribution < -0.4 is 10.6 Å². The smallest absolute Gasteiger partial charge is 0.191 e.